The number of nitrogens with two attached hydrogens (primary N) is 2. The molecule has 0 saturated heterocycles. The van der Waals surface area contributed by atoms with Crippen LogP contribution in [0, 0.1) is 6.92 Å². The van der Waals surface area contributed by atoms with Gasteiger partial charge in [0.2, 0.25) is 5.95 Å². The number of nitrogens with one attached hydrogen (secondary N) is 2. The summed E-state index contributed by atoms with van der Waals surface area (Å²) in [5.74, 6) is -0.251. The van der Waals surface area contributed by atoms with Gasteiger partial charge in [-0.1, -0.05) is 6.07 Å². The summed E-state index contributed by atoms with van der Waals surface area (Å²) in [6, 6.07) is 7.65. The number of nitrogen functional groups attached to an aromatic ring is 1. The van der Waals surface area contributed by atoms with E-state index in [0.29, 0.717) is 22.9 Å². The molecule has 0 unspecified atom stereocenters. The highest BCUT2D eigenvalue weighted by atomic mass is 16.3. The highest BCUT2D eigenvalue weighted by molar-refractivity contribution is 6.05. The van der Waals surface area contributed by atoms with Gasteiger partial charge in [-0.05, 0) is 61.9 Å². The van der Waals surface area contributed by atoms with Crippen molar-refractivity contribution in [1.29, 1.82) is 0 Å². The molecule has 174 valence electrons. The highest BCUT2D eigenvalue weighted by Gasteiger charge is 2.22. The van der Waals surface area contributed by atoms with E-state index in [2.05, 4.69) is 30.5 Å². The number of aromatic nitrogens is 5. The van der Waals surface area contributed by atoms with Gasteiger partial charge < -0.3 is 21.9 Å². The van der Waals surface area contributed by atoms with Gasteiger partial charge in [-0.25, -0.2) is 15.0 Å². The maximum Gasteiger partial charge on any atom is 0.269 e. The van der Waals surface area contributed by atoms with Crippen LogP contribution in [-0.4, -0.2) is 48.3 Å². The first-order valence-corrected chi connectivity index (χ1v) is 11.2. The zero-order valence-electron chi connectivity index (χ0n) is 18.7. The minimum atomic E-state index is -0.717. The van der Waals surface area contributed by atoms with Crippen LogP contribution in [0.15, 0.2) is 36.7 Å². The molecule has 1 amide bonds. The van der Waals surface area contributed by atoms with E-state index in [4.69, 9.17) is 11.5 Å². The molecule has 1 saturated carbocycles. The number of pyridine rings is 1. The average molecular weight is 459 g/mol. The number of amides is 1. The van der Waals surface area contributed by atoms with Gasteiger partial charge in [-0.2, -0.15) is 5.10 Å². The molecule has 10 nitrogen and oxygen atoms in total. The summed E-state index contributed by atoms with van der Waals surface area (Å²) in [5.41, 5.74) is 16.5. The zero-order chi connectivity index (χ0) is 23.8. The maximum atomic E-state index is 12.2. The van der Waals surface area contributed by atoms with Crippen LogP contribution in [0.2, 0.25) is 0 Å². The van der Waals surface area contributed by atoms with Gasteiger partial charge in [-0.15, -0.1) is 0 Å². The third-order valence-corrected chi connectivity index (χ3v) is 6.34. The van der Waals surface area contributed by atoms with E-state index in [-0.39, 0.29) is 23.5 Å². The van der Waals surface area contributed by atoms with Crippen molar-refractivity contribution in [3.63, 3.8) is 0 Å². The van der Waals surface area contributed by atoms with Crippen molar-refractivity contribution in [2.45, 2.75) is 44.8 Å². The monoisotopic (exact) mass is 458 g/mol. The Morgan fingerprint density at radius 1 is 1.15 bits per heavy atom. The van der Waals surface area contributed by atoms with Crippen molar-refractivity contribution in [2.24, 2.45) is 5.73 Å². The van der Waals surface area contributed by atoms with Gasteiger partial charge in [0.1, 0.15) is 0 Å². The molecule has 10 heteroatoms. The largest absolute Gasteiger partial charge is 0.396 e. The van der Waals surface area contributed by atoms with Gasteiger partial charge >= 0.3 is 0 Å². The minimum Gasteiger partial charge on any atom is -0.396 e. The van der Waals surface area contributed by atoms with E-state index in [1.807, 2.05) is 25.1 Å². The first-order chi connectivity index (χ1) is 16.4. The van der Waals surface area contributed by atoms with Crippen LogP contribution in [0.5, 0.6) is 0 Å². The van der Waals surface area contributed by atoms with E-state index in [0.717, 1.165) is 47.7 Å². The predicted octanol–water partition coefficient (Wildman–Crippen LogP) is 2.79. The molecule has 34 heavy (non-hydrogen) atoms. The van der Waals surface area contributed by atoms with E-state index in [9.17, 15) is 9.90 Å². The van der Waals surface area contributed by atoms with Crippen molar-refractivity contribution in [3.8, 4) is 22.5 Å². The van der Waals surface area contributed by atoms with E-state index >= 15 is 0 Å². The van der Waals surface area contributed by atoms with Crippen LogP contribution in [0.1, 0.15) is 41.7 Å². The summed E-state index contributed by atoms with van der Waals surface area (Å²) in [4.78, 5) is 25.7. The van der Waals surface area contributed by atoms with Crippen LogP contribution < -0.4 is 16.8 Å². The topological polar surface area (TPSA) is 169 Å². The Morgan fingerprint density at radius 3 is 2.71 bits per heavy atom. The molecular formula is C24H26N8O2. The van der Waals surface area contributed by atoms with Crippen LogP contribution in [0.4, 0.5) is 11.6 Å². The van der Waals surface area contributed by atoms with Crippen LogP contribution in [0.25, 0.3) is 33.4 Å². The molecule has 1 aliphatic rings. The Morgan fingerprint density at radius 2 is 1.94 bits per heavy atom. The SMILES string of the molecule is Cc1ccc2[nH]ncc2c1-c1cc(-c2ccnc(NC3CCC(O)CC3)n2)nc(C(N)=O)c1N. The van der Waals surface area contributed by atoms with Gasteiger partial charge in [0.25, 0.3) is 5.91 Å². The number of hydrogen-bond acceptors (Lipinski definition) is 8. The lowest BCUT2D eigenvalue weighted by Crippen LogP contribution is -2.28. The number of H-pyrrole nitrogens is 1. The van der Waals surface area contributed by atoms with Crippen LogP contribution in [0.3, 0.4) is 0 Å². The standard InChI is InChI=1S/C24H26N8O2/c1-12-2-7-17-16(11-28-32-17)20(12)15-10-19(30-22(21(15)25)23(26)34)18-8-9-27-24(31-18)29-13-3-5-14(33)6-4-13/h2,7-11,13-14,33H,3-6,25H2,1H3,(H2,26,34)(H,28,32)(H,27,29,31). The number of aryl methyl sites for hydroxylation is 1. The number of aliphatic hydroxyl groups is 1. The molecule has 3 aromatic heterocycles. The van der Waals surface area contributed by atoms with E-state index in [1.165, 1.54) is 0 Å². The highest BCUT2D eigenvalue weighted by Crippen LogP contribution is 2.37. The minimum absolute atomic E-state index is 0.0122. The summed E-state index contributed by atoms with van der Waals surface area (Å²) in [5, 5.41) is 21.1. The van der Waals surface area contributed by atoms with Crippen molar-refractivity contribution < 1.29 is 9.90 Å². The molecular weight excluding hydrogens is 432 g/mol. The van der Waals surface area contributed by atoms with Crippen LogP contribution in [-0.2, 0) is 0 Å². The summed E-state index contributed by atoms with van der Waals surface area (Å²) in [6.07, 6.45) is 6.33. The van der Waals surface area contributed by atoms with Gasteiger partial charge in [0.15, 0.2) is 5.69 Å². The molecule has 1 aliphatic carbocycles. The summed E-state index contributed by atoms with van der Waals surface area (Å²) in [7, 11) is 0. The number of benzene rings is 1. The van der Waals surface area contributed by atoms with Crippen LogP contribution >= 0.6 is 0 Å². The number of fused-ring (bicyclic) bond motifs is 1. The van der Waals surface area contributed by atoms with Crippen molar-refractivity contribution in [2.75, 3.05) is 11.1 Å². The lowest BCUT2D eigenvalue weighted by molar-refractivity contribution is 0.0996. The number of rotatable bonds is 5. The number of aromatic amines is 1. The third kappa shape index (κ3) is 4.03. The second-order valence-corrected chi connectivity index (χ2v) is 8.69. The number of carbonyl (C=O) groups excluding carboxylic acids is 1. The van der Waals surface area contributed by atoms with Gasteiger partial charge in [-0.3, -0.25) is 9.89 Å². The first-order valence-electron chi connectivity index (χ1n) is 11.2. The second kappa shape index (κ2) is 8.71. The number of aliphatic hydroxyl groups excluding tert-OH is 1. The molecule has 0 bridgehead atoms. The number of carbonyl (C=O) groups is 1. The Labute approximate surface area is 195 Å². The van der Waals surface area contributed by atoms with Crippen molar-refractivity contribution in [3.05, 3.63) is 47.9 Å². The molecule has 0 atom stereocenters. The second-order valence-electron chi connectivity index (χ2n) is 8.69. The van der Waals surface area contributed by atoms with E-state index in [1.54, 1.807) is 18.5 Å². The van der Waals surface area contributed by atoms with Gasteiger partial charge in [0, 0.05) is 23.2 Å². The molecule has 1 fully saturated rings. The predicted molar refractivity (Wildman–Crippen MR) is 130 cm³/mol. The lowest BCUT2D eigenvalue weighted by Gasteiger charge is -2.26. The Bertz CT molecular complexity index is 1370. The molecule has 3 heterocycles. The maximum absolute atomic E-state index is 12.2. The lowest BCUT2D eigenvalue weighted by atomic mass is 9.93. The molecule has 0 spiro atoms. The molecule has 4 aromatic rings. The molecule has 0 aliphatic heterocycles. The number of hydrogen-bond donors (Lipinski definition) is 5. The fourth-order valence-electron chi connectivity index (χ4n) is 4.54. The molecule has 0 radical (unpaired) electrons. The Hall–Kier alpha value is -4.05. The smallest absolute Gasteiger partial charge is 0.269 e. The summed E-state index contributed by atoms with van der Waals surface area (Å²) >= 11 is 0. The summed E-state index contributed by atoms with van der Waals surface area (Å²) in [6.45, 7) is 1.97. The van der Waals surface area contributed by atoms with Crippen molar-refractivity contribution >= 4 is 28.4 Å². The molecule has 1 aromatic carbocycles. The normalized spacial score (nSPS) is 18.2. The fourth-order valence-corrected chi connectivity index (χ4v) is 4.54. The first kappa shape index (κ1) is 21.8. The zero-order valence-corrected chi connectivity index (χ0v) is 18.7. The molecule has 5 rings (SSSR count). The van der Waals surface area contributed by atoms with Crippen molar-refractivity contribution in [1.82, 2.24) is 25.1 Å². The molecule has 7 N–H and O–H groups in total. The quantitative estimate of drug-likeness (QED) is 0.304. The van der Waals surface area contributed by atoms with E-state index < -0.39 is 5.91 Å². The van der Waals surface area contributed by atoms with Gasteiger partial charge in [0.05, 0.1) is 34.9 Å². The fraction of sp³-hybridized carbons (Fsp3) is 0.292. The summed E-state index contributed by atoms with van der Waals surface area (Å²) < 4.78 is 0. The number of primary amides is 1. The number of nitrogens with zero attached hydrogens (tertiary/aromatic N) is 4. The Balaban J connectivity index is 1.59. The number of anilines is 2. The Kier molecular flexibility index (Phi) is 5.58. The third-order valence-electron chi connectivity index (χ3n) is 6.34. The average Bonchev–Trinajstić information content (AvgIpc) is 3.30.